The zero-order chi connectivity index (χ0) is 22.1. The summed E-state index contributed by atoms with van der Waals surface area (Å²) in [6.45, 7) is 0.0759. The van der Waals surface area contributed by atoms with Gasteiger partial charge in [0, 0.05) is 25.1 Å². The molecule has 0 aliphatic carbocycles. The molecule has 0 saturated carbocycles. The first-order chi connectivity index (χ1) is 14.1. The maximum Gasteiger partial charge on any atom is 0.251 e. The van der Waals surface area contributed by atoms with E-state index in [2.05, 4.69) is 5.32 Å². The molecule has 0 unspecified atom stereocenters. The zero-order valence-corrected chi connectivity index (χ0v) is 16.4. The molecule has 1 aliphatic rings. The number of hydrogen-bond donors (Lipinski definition) is 2. The van der Waals surface area contributed by atoms with Crippen LogP contribution in [-0.2, 0) is 14.8 Å². The third-order valence-electron chi connectivity index (χ3n) is 4.86. The van der Waals surface area contributed by atoms with E-state index in [1.807, 2.05) is 0 Å². The monoisotopic (exact) mass is 441 g/mol. The lowest BCUT2D eigenvalue weighted by Crippen LogP contribution is -2.41. The molecule has 2 amide bonds. The number of nitrogens with two attached hydrogens (primary N) is 1. The van der Waals surface area contributed by atoms with Crippen LogP contribution in [0.1, 0.15) is 23.2 Å². The van der Waals surface area contributed by atoms with E-state index < -0.39 is 56.5 Å². The van der Waals surface area contributed by atoms with Gasteiger partial charge in [-0.25, -0.2) is 21.6 Å². The van der Waals surface area contributed by atoms with Crippen LogP contribution in [0.15, 0.2) is 41.3 Å². The Bertz CT molecular complexity index is 1080. The van der Waals surface area contributed by atoms with E-state index in [-0.39, 0.29) is 30.8 Å². The van der Waals surface area contributed by atoms with Gasteiger partial charge < -0.3 is 11.1 Å². The van der Waals surface area contributed by atoms with Crippen molar-refractivity contribution in [3.05, 3.63) is 59.4 Å². The van der Waals surface area contributed by atoms with Gasteiger partial charge in [0.05, 0.1) is 16.1 Å². The molecule has 30 heavy (non-hydrogen) atoms. The average Bonchev–Trinajstić information content (AvgIpc) is 2.70. The second-order valence-electron chi connectivity index (χ2n) is 6.80. The normalized spacial score (nSPS) is 15.7. The SMILES string of the molecule is NC(=O)c1cc(NC(=O)C2CCN(S(=O)(=O)c3ccc(F)cc3)CC2)c(F)cc1F. The van der Waals surface area contributed by atoms with E-state index in [0.29, 0.717) is 6.07 Å². The van der Waals surface area contributed by atoms with Crippen molar-refractivity contribution < 1.29 is 31.2 Å². The van der Waals surface area contributed by atoms with Gasteiger partial charge in [-0.2, -0.15) is 4.31 Å². The van der Waals surface area contributed by atoms with E-state index in [1.54, 1.807) is 0 Å². The van der Waals surface area contributed by atoms with Gasteiger partial charge in [-0.3, -0.25) is 9.59 Å². The highest BCUT2D eigenvalue weighted by Gasteiger charge is 2.32. The molecule has 3 N–H and O–H groups in total. The van der Waals surface area contributed by atoms with E-state index in [9.17, 15) is 31.2 Å². The Morgan fingerprint density at radius 2 is 1.60 bits per heavy atom. The fourth-order valence-electron chi connectivity index (χ4n) is 3.18. The smallest absolute Gasteiger partial charge is 0.251 e. The van der Waals surface area contributed by atoms with Crippen molar-refractivity contribution in [2.45, 2.75) is 17.7 Å². The fourth-order valence-corrected chi connectivity index (χ4v) is 4.65. The highest BCUT2D eigenvalue weighted by atomic mass is 32.2. The molecule has 1 saturated heterocycles. The summed E-state index contributed by atoms with van der Waals surface area (Å²) in [6, 6.07) is 5.69. The van der Waals surface area contributed by atoms with E-state index in [4.69, 9.17) is 5.73 Å². The van der Waals surface area contributed by atoms with Crippen molar-refractivity contribution in [2.24, 2.45) is 11.7 Å². The molecular weight excluding hydrogens is 423 g/mol. The first-order valence-corrected chi connectivity index (χ1v) is 10.4. The predicted molar refractivity (Wildman–Crippen MR) is 101 cm³/mol. The molecule has 7 nitrogen and oxygen atoms in total. The molecule has 3 rings (SSSR count). The van der Waals surface area contributed by atoms with Gasteiger partial charge in [0.15, 0.2) is 0 Å². The summed E-state index contributed by atoms with van der Waals surface area (Å²) in [5.41, 5.74) is 4.07. The van der Waals surface area contributed by atoms with Crippen LogP contribution in [0.5, 0.6) is 0 Å². The number of nitrogens with one attached hydrogen (secondary N) is 1. The summed E-state index contributed by atoms with van der Waals surface area (Å²) in [4.78, 5) is 23.6. The largest absolute Gasteiger partial charge is 0.366 e. The minimum atomic E-state index is -3.83. The van der Waals surface area contributed by atoms with Crippen LogP contribution in [0, 0.1) is 23.4 Å². The van der Waals surface area contributed by atoms with E-state index in [0.717, 1.165) is 30.3 Å². The van der Waals surface area contributed by atoms with Gasteiger partial charge >= 0.3 is 0 Å². The average molecular weight is 441 g/mol. The molecule has 1 fully saturated rings. The van der Waals surface area contributed by atoms with Crippen molar-refractivity contribution in [1.82, 2.24) is 4.31 Å². The number of anilines is 1. The Hall–Kier alpha value is -2.92. The van der Waals surface area contributed by atoms with E-state index in [1.165, 1.54) is 4.31 Å². The lowest BCUT2D eigenvalue weighted by molar-refractivity contribution is -0.120. The number of nitrogens with zero attached hydrogens (tertiary/aromatic N) is 1. The second-order valence-corrected chi connectivity index (χ2v) is 8.74. The van der Waals surface area contributed by atoms with Crippen LogP contribution in [0.25, 0.3) is 0 Å². The summed E-state index contributed by atoms with van der Waals surface area (Å²) >= 11 is 0. The van der Waals surface area contributed by atoms with Gasteiger partial charge in [-0.1, -0.05) is 0 Å². The van der Waals surface area contributed by atoms with Crippen molar-refractivity contribution in [3.63, 3.8) is 0 Å². The minimum absolute atomic E-state index is 0.0379. The standard InChI is InChI=1S/C19H18F3N3O4S/c20-12-1-3-13(4-2-12)30(28,29)25-7-5-11(6-8-25)19(27)24-17-9-14(18(23)26)15(21)10-16(17)22/h1-4,9-11H,5-8H2,(H2,23,26)(H,24,27). The predicted octanol–water partition coefficient (Wildman–Crippen LogP) is 2.24. The highest BCUT2D eigenvalue weighted by molar-refractivity contribution is 7.89. The molecule has 2 aromatic carbocycles. The van der Waals surface area contributed by atoms with Gasteiger partial charge in [0.25, 0.3) is 5.91 Å². The first kappa shape index (κ1) is 21.8. The number of sulfonamides is 1. The molecule has 160 valence electrons. The molecule has 11 heteroatoms. The number of benzene rings is 2. The number of rotatable bonds is 5. The van der Waals surface area contributed by atoms with E-state index >= 15 is 0 Å². The topological polar surface area (TPSA) is 110 Å². The highest BCUT2D eigenvalue weighted by Crippen LogP contribution is 2.26. The van der Waals surface area contributed by atoms with Crippen molar-refractivity contribution in [2.75, 3.05) is 18.4 Å². The number of hydrogen-bond acceptors (Lipinski definition) is 4. The fraction of sp³-hybridized carbons (Fsp3) is 0.263. The molecule has 0 aromatic heterocycles. The number of piperidine rings is 1. The Morgan fingerprint density at radius 1 is 1.00 bits per heavy atom. The molecule has 1 heterocycles. The van der Waals surface area contributed by atoms with Crippen molar-refractivity contribution in [3.8, 4) is 0 Å². The Balaban J connectivity index is 1.67. The van der Waals surface area contributed by atoms with Gasteiger partial charge in [0.2, 0.25) is 15.9 Å². The zero-order valence-electron chi connectivity index (χ0n) is 15.6. The second kappa shape index (κ2) is 8.44. The molecule has 0 atom stereocenters. The number of carbonyl (C=O) groups excluding carboxylic acids is 2. The van der Waals surface area contributed by atoms with Gasteiger partial charge in [0.1, 0.15) is 17.5 Å². The number of amides is 2. The maximum atomic E-state index is 13.9. The summed E-state index contributed by atoms with van der Waals surface area (Å²) in [5, 5.41) is 2.30. The molecule has 1 aliphatic heterocycles. The molecular formula is C19H18F3N3O4S. The molecule has 0 spiro atoms. The summed E-state index contributed by atoms with van der Waals surface area (Å²) in [5.74, 6) is -5.08. The van der Waals surface area contributed by atoms with Crippen molar-refractivity contribution in [1.29, 1.82) is 0 Å². The first-order valence-electron chi connectivity index (χ1n) is 8.95. The van der Waals surface area contributed by atoms with Crippen LogP contribution in [0.4, 0.5) is 18.9 Å². The third-order valence-corrected chi connectivity index (χ3v) is 6.77. The Labute approximate surface area is 170 Å². The van der Waals surface area contributed by atoms with Crippen LogP contribution in [0.2, 0.25) is 0 Å². The third kappa shape index (κ3) is 4.46. The molecule has 0 bridgehead atoms. The van der Waals surface area contributed by atoms with Crippen LogP contribution in [0.3, 0.4) is 0 Å². The summed E-state index contributed by atoms with van der Waals surface area (Å²) < 4.78 is 66.9. The summed E-state index contributed by atoms with van der Waals surface area (Å²) in [6.07, 6.45) is 0.329. The quantitative estimate of drug-likeness (QED) is 0.742. The summed E-state index contributed by atoms with van der Waals surface area (Å²) in [7, 11) is -3.83. The van der Waals surface area contributed by atoms with Gasteiger partial charge in [-0.05, 0) is 43.2 Å². The number of carbonyl (C=O) groups is 2. The molecule has 2 aromatic rings. The number of halogens is 3. The van der Waals surface area contributed by atoms with Crippen LogP contribution < -0.4 is 11.1 Å². The van der Waals surface area contributed by atoms with Gasteiger partial charge in [-0.15, -0.1) is 0 Å². The Morgan fingerprint density at radius 3 is 2.17 bits per heavy atom. The molecule has 0 radical (unpaired) electrons. The van der Waals surface area contributed by atoms with Crippen LogP contribution in [-0.4, -0.2) is 37.6 Å². The maximum absolute atomic E-state index is 13.9. The lowest BCUT2D eigenvalue weighted by atomic mass is 9.97. The van der Waals surface area contributed by atoms with Crippen molar-refractivity contribution >= 4 is 27.5 Å². The van der Waals surface area contributed by atoms with Crippen LogP contribution >= 0.6 is 0 Å². The minimum Gasteiger partial charge on any atom is -0.366 e. The Kier molecular flexibility index (Phi) is 6.13. The number of primary amides is 1. The lowest BCUT2D eigenvalue weighted by Gasteiger charge is -2.30.